The highest BCUT2D eigenvalue weighted by molar-refractivity contribution is 5.95. The Morgan fingerprint density at radius 2 is 2.32 bits per heavy atom. The Labute approximate surface area is 111 Å². The number of rotatable bonds is 4. The monoisotopic (exact) mass is 265 g/mol. The number of carboxylic acids is 1. The maximum Gasteiger partial charge on any atom is 0.326 e. The van der Waals surface area contributed by atoms with Gasteiger partial charge in [0.25, 0.3) is 5.91 Å². The molecule has 0 saturated carbocycles. The van der Waals surface area contributed by atoms with Gasteiger partial charge in [-0.3, -0.25) is 9.89 Å². The third-order valence-electron chi connectivity index (χ3n) is 3.28. The fourth-order valence-electron chi connectivity index (χ4n) is 2.43. The van der Waals surface area contributed by atoms with Crippen molar-refractivity contribution in [2.75, 3.05) is 6.54 Å². The number of aliphatic carboxylic acids is 1. The number of amides is 1. The third kappa shape index (κ3) is 2.94. The van der Waals surface area contributed by atoms with Crippen LogP contribution in [0.3, 0.4) is 0 Å². The van der Waals surface area contributed by atoms with Crippen molar-refractivity contribution in [3.05, 3.63) is 17.5 Å². The van der Waals surface area contributed by atoms with E-state index >= 15 is 0 Å². The second-order valence-electron chi connectivity index (χ2n) is 5.37. The molecule has 0 radical (unpaired) electrons. The van der Waals surface area contributed by atoms with Gasteiger partial charge in [0.15, 0.2) is 0 Å². The van der Waals surface area contributed by atoms with Crippen molar-refractivity contribution in [2.45, 2.75) is 39.2 Å². The minimum absolute atomic E-state index is 0.295. The van der Waals surface area contributed by atoms with E-state index in [0.717, 1.165) is 18.5 Å². The summed E-state index contributed by atoms with van der Waals surface area (Å²) in [5.74, 6) is -0.762. The highest BCUT2D eigenvalue weighted by Gasteiger charge is 2.35. The zero-order valence-electron chi connectivity index (χ0n) is 11.2. The van der Waals surface area contributed by atoms with Crippen LogP contribution in [0.4, 0.5) is 0 Å². The predicted molar refractivity (Wildman–Crippen MR) is 68.8 cm³/mol. The standard InChI is InChI=1S/C13H19N3O3/c1-8(2)6-9-7-10(15-14-9)12(17)16-5-3-4-11(16)13(18)19/h7-8,11H,3-6H2,1-2H3,(H,14,15)(H,18,19)/t11-/m0/s1. The summed E-state index contributed by atoms with van der Waals surface area (Å²) in [5.41, 5.74) is 1.22. The number of hydrogen-bond donors (Lipinski definition) is 2. The van der Waals surface area contributed by atoms with Crippen molar-refractivity contribution < 1.29 is 14.7 Å². The second kappa shape index (κ2) is 5.42. The van der Waals surface area contributed by atoms with Gasteiger partial charge < -0.3 is 10.0 Å². The molecular formula is C13H19N3O3. The van der Waals surface area contributed by atoms with E-state index in [9.17, 15) is 9.59 Å². The molecule has 2 N–H and O–H groups in total. The zero-order chi connectivity index (χ0) is 14.0. The zero-order valence-corrected chi connectivity index (χ0v) is 11.2. The predicted octanol–water partition coefficient (Wildman–Crippen LogP) is 1.30. The van der Waals surface area contributed by atoms with Crippen LogP contribution in [0.1, 0.15) is 42.9 Å². The Bertz CT molecular complexity index is 481. The van der Waals surface area contributed by atoms with Gasteiger partial charge in [0.2, 0.25) is 0 Å². The smallest absolute Gasteiger partial charge is 0.326 e. The van der Waals surface area contributed by atoms with E-state index in [4.69, 9.17) is 5.11 Å². The van der Waals surface area contributed by atoms with Crippen LogP contribution in [0.5, 0.6) is 0 Å². The molecule has 2 heterocycles. The number of aromatic amines is 1. The van der Waals surface area contributed by atoms with Crippen LogP contribution >= 0.6 is 0 Å². The Morgan fingerprint density at radius 3 is 2.95 bits per heavy atom. The van der Waals surface area contributed by atoms with Gasteiger partial charge in [0.05, 0.1) is 0 Å². The lowest BCUT2D eigenvalue weighted by Gasteiger charge is -2.19. The fourth-order valence-corrected chi connectivity index (χ4v) is 2.43. The molecule has 104 valence electrons. The van der Waals surface area contributed by atoms with Crippen molar-refractivity contribution in [3.63, 3.8) is 0 Å². The van der Waals surface area contributed by atoms with Gasteiger partial charge in [-0.15, -0.1) is 0 Å². The fraction of sp³-hybridized carbons (Fsp3) is 0.615. The normalized spacial score (nSPS) is 19.1. The molecular weight excluding hydrogens is 246 g/mol. The van der Waals surface area contributed by atoms with Gasteiger partial charge in [-0.05, 0) is 31.2 Å². The van der Waals surface area contributed by atoms with Crippen LogP contribution in [0.15, 0.2) is 6.07 Å². The lowest BCUT2D eigenvalue weighted by Crippen LogP contribution is -2.40. The average Bonchev–Trinajstić information content (AvgIpc) is 2.94. The summed E-state index contributed by atoms with van der Waals surface area (Å²) in [6, 6.07) is 1.01. The summed E-state index contributed by atoms with van der Waals surface area (Å²) in [6.45, 7) is 4.66. The molecule has 1 fully saturated rings. The molecule has 1 amide bonds. The van der Waals surface area contributed by atoms with E-state index in [2.05, 4.69) is 24.0 Å². The van der Waals surface area contributed by atoms with Gasteiger partial charge in [0.1, 0.15) is 11.7 Å². The van der Waals surface area contributed by atoms with Crippen LogP contribution in [-0.4, -0.2) is 44.7 Å². The molecule has 6 heteroatoms. The van der Waals surface area contributed by atoms with Gasteiger partial charge in [-0.2, -0.15) is 5.10 Å². The van der Waals surface area contributed by atoms with E-state index in [-0.39, 0.29) is 5.91 Å². The average molecular weight is 265 g/mol. The largest absolute Gasteiger partial charge is 0.480 e. The molecule has 0 bridgehead atoms. The van der Waals surface area contributed by atoms with Crippen LogP contribution in [0, 0.1) is 5.92 Å². The lowest BCUT2D eigenvalue weighted by molar-refractivity contribution is -0.141. The maximum atomic E-state index is 12.2. The molecule has 1 saturated heterocycles. The highest BCUT2D eigenvalue weighted by Crippen LogP contribution is 2.20. The first kappa shape index (κ1) is 13.6. The molecule has 2 rings (SSSR count). The van der Waals surface area contributed by atoms with Crippen LogP contribution < -0.4 is 0 Å². The summed E-state index contributed by atoms with van der Waals surface area (Å²) in [7, 11) is 0. The number of carboxylic acid groups (broad SMARTS) is 1. The van der Waals surface area contributed by atoms with E-state index in [1.807, 2.05) is 0 Å². The first-order valence-corrected chi connectivity index (χ1v) is 6.57. The van der Waals surface area contributed by atoms with E-state index in [1.165, 1.54) is 4.90 Å². The van der Waals surface area contributed by atoms with Crippen molar-refractivity contribution in [3.8, 4) is 0 Å². The van der Waals surface area contributed by atoms with Crippen LogP contribution in [0.25, 0.3) is 0 Å². The van der Waals surface area contributed by atoms with Crippen molar-refractivity contribution in [1.82, 2.24) is 15.1 Å². The van der Waals surface area contributed by atoms with Gasteiger partial charge in [0, 0.05) is 12.2 Å². The molecule has 0 unspecified atom stereocenters. The molecule has 0 aliphatic carbocycles. The first-order valence-electron chi connectivity index (χ1n) is 6.57. The molecule has 1 aliphatic heterocycles. The molecule has 1 aromatic rings. The number of nitrogens with zero attached hydrogens (tertiary/aromatic N) is 2. The molecule has 1 aromatic heterocycles. The Kier molecular flexibility index (Phi) is 3.87. The van der Waals surface area contributed by atoms with Crippen LogP contribution in [-0.2, 0) is 11.2 Å². The summed E-state index contributed by atoms with van der Waals surface area (Å²) < 4.78 is 0. The molecule has 1 atom stereocenters. The van der Waals surface area contributed by atoms with Crippen molar-refractivity contribution in [2.24, 2.45) is 5.92 Å². The Hall–Kier alpha value is -1.85. The second-order valence-corrected chi connectivity index (χ2v) is 5.37. The number of carbonyl (C=O) groups excluding carboxylic acids is 1. The Balaban J connectivity index is 2.11. The lowest BCUT2D eigenvalue weighted by atomic mass is 10.1. The van der Waals surface area contributed by atoms with Gasteiger partial charge >= 0.3 is 5.97 Å². The minimum Gasteiger partial charge on any atom is -0.480 e. The molecule has 1 aliphatic rings. The summed E-state index contributed by atoms with van der Waals surface area (Å²) in [6.07, 6.45) is 2.07. The van der Waals surface area contributed by atoms with Crippen molar-refractivity contribution in [1.29, 1.82) is 0 Å². The summed E-state index contributed by atoms with van der Waals surface area (Å²) in [4.78, 5) is 24.7. The molecule has 0 spiro atoms. The summed E-state index contributed by atoms with van der Waals surface area (Å²) >= 11 is 0. The number of nitrogens with one attached hydrogen (secondary N) is 1. The van der Waals surface area contributed by atoms with Crippen LogP contribution in [0.2, 0.25) is 0 Å². The highest BCUT2D eigenvalue weighted by atomic mass is 16.4. The van der Waals surface area contributed by atoms with E-state index < -0.39 is 12.0 Å². The topological polar surface area (TPSA) is 86.3 Å². The van der Waals surface area contributed by atoms with E-state index in [0.29, 0.717) is 24.6 Å². The number of carbonyl (C=O) groups is 2. The Morgan fingerprint density at radius 1 is 1.58 bits per heavy atom. The number of H-pyrrole nitrogens is 1. The number of likely N-dealkylation sites (tertiary alicyclic amines) is 1. The SMILES string of the molecule is CC(C)Cc1cc(C(=O)N2CCC[C@H]2C(=O)O)n[nH]1. The quantitative estimate of drug-likeness (QED) is 0.859. The molecule has 6 nitrogen and oxygen atoms in total. The third-order valence-corrected chi connectivity index (χ3v) is 3.28. The summed E-state index contributed by atoms with van der Waals surface area (Å²) in [5, 5.41) is 15.9. The van der Waals surface area contributed by atoms with Gasteiger partial charge in [-0.25, -0.2) is 4.79 Å². The molecule has 0 aromatic carbocycles. The minimum atomic E-state index is -0.941. The number of hydrogen-bond acceptors (Lipinski definition) is 3. The van der Waals surface area contributed by atoms with E-state index in [1.54, 1.807) is 6.07 Å². The first-order chi connectivity index (χ1) is 8.99. The van der Waals surface area contributed by atoms with Crippen molar-refractivity contribution >= 4 is 11.9 Å². The maximum absolute atomic E-state index is 12.2. The number of aromatic nitrogens is 2. The van der Waals surface area contributed by atoms with Gasteiger partial charge in [-0.1, -0.05) is 13.8 Å². The molecule has 19 heavy (non-hydrogen) atoms.